The van der Waals surface area contributed by atoms with Crippen LogP contribution in [0.5, 0.6) is 0 Å². The highest BCUT2D eigenvalue weighted by Gasteiger charge is 2.27. The molecule has 0 saturated carbocycles. The molecule has 3 rings (SSSR count). The van der Waals surface area contributed by atoms with Crippen molar-refractivity contribution in [2.75, 3.05) is 0 Å². The fraction of sp³-hybridized carbons (Fsp3) is 0.263. The molecular formula is C19H20N4O2S2. The van der Waals surface area contributed by atoms with Crippen LogP contribution in [0.2, 0.25) is 0 Å². The summed E-state index contributed by atoms with van der Waals surface area (Å²) in [6.45, 7) is 5.89. The number of nitrogens with one attached hydrogen (secondary N) is 1. The molecule has 8 heteroatoms. The lowest BCUT2D eigenvalue weighted by Gasteiger charge is -2.18. The molecule has 1 atom stereocenters. The smallest absolute Gasteiger partial charge is 0.318 e. The van der Waals surface area contributed by atoms with E-state index in [0.29, 0.717) is 0 Å². The molecule has 3 aromatic rings. The molecular weight excluding hydrogens is 380 g/mol. The average molecular weight is 401 g/mol. The van der Waals surface area contributed by atoms with Crippen molar-refractivity contribution in [2.24, 2.45) is 11.7 Å². The second-order valence-corrected chi connectivity index (χ2v) is 8.50. The Labute approximate surface area is 165 Å². The molecule has 0 bridgehead atoms. The molecule has 6 nitrogen and oxygen atoms in total. The van der Waals surface area contributed by atoms with Gasteiger partial charge >= 0.3 is 6.03 Å². The van der Waals surface area contributed by atoms with Gasteiger partial charge in [0.25, 0.3) is 0 Å². The first kappa shape index (κ1) is 19.3. The number of aryl methyl sites for hydroxylation is 1. The monoisotopic (exact) mass is 400 g/mol. The highest BCUT2D eigenvalue weighted by Crippen LogP contribution is 2.40. The molecule has 3 amide bonds. The predicted molar refractivity (Wildman–Crippen MR) is 110 cm³/mol. The van der Waals surface area contributed by atoms with Crippen LogP contribution in [0.15, 0.2) is 41.0 Å². The molecule has 0 aliphatic rings. The lowest BCUT2D eigenvalue weighted by atomic mass is 10.1. The lowest BCUT2D eigenvalue weighted by Crippen LogP contribution is -2.42. The first-order valence-corrected chi connectivity index (χ1v) is 10.2. The number of urea groups is 1. The number of rotatable bonds is 5. The van der Waals surface area contributed by atoms with Gasteiger partial charge in [-0.1, -0.05) is 55.4 Å². The number of primary amides is 1. The summed E-state index contributed by atoms with van der Waals surface area (Å²) in [7, 11) is 0. The van der Waals surface area contributed by atoms with E-state index >= 15 is 0 Å². The third-order valence-corrected chi connectivity index (χ3v) is 6.48. The number of nitrogens with two attached hydrogens (primary N) is 1. The van der Waals surface area contributed by atoms with Gasteiger partial charge in [0.15, 0.2) is 0 Å². The Kier molecular flexibility index (Phi) is 5.76. The maximum Gasteiger partial charge on any atom is 0.318 e. The van der Waals surface area contributed by atoms with Crippen molar-refractivity contribution in [1.29, 1.82) is 0 Å². The minimum absolute atomic E-state index is 0.0131. The third-order valence-electron chi connectivity index (χ3n) is 4.05. The van der Waals surface area contributed by atoms with Gasteiger partial charge in [-0.25, -0.2) is 14.8 Å². The standard InChI is InChI=1S/C19H20N4O2S2/c1-10(2)15(16(24)23-19(20)25)27-18-14-13(8-26-17(14)21-9-22-18)12-6-4-11(3)5-7-12/h4-10,15H,1-3H3,(H3,20,23,24,25). The summed E-state index contributed by atoms with van der Waals surface area (Å²) in [5.74, 6) is -0.429. The Bertz CT molecular complexity index is 983. The van der Waals surface area contributed by atoms with E-state index in [9.17, 15) is 9.59 Å². The predicted octanol–water partition coefficient (Wildman–Crippen LogP) is 3.98. The van der Waals surface area contributed by atoms with Gasteiger partial charge < -0.3 is 5.73 Å². The number of carbonyl (C=O) groups excluding carboxylic acids is 2. The average Bonchev–Trinajstić information content (AvgIpc) is 3.04. The van der Waals surface area contributed by atoms with E-state index < -0.39 is 17.2 Å². The SMILES string of the molecule is Cc1ccc(-c2csc3ncnc(SC(C(=O)NC(N)=O)C(C)C)c23)cc1. The van der Waals surface area contributed by atoms with Crippen molar-refractivity contribution in [1.82, 2.24) is 15.3 Å². The molecule has 0 aliphatic carbocycles. The fourth-order valence-electron chi connectivity index (χ4n) is 2.69. The number of fused-ring (bicyclic) bond motifs is 1. The van der Waals surface area contributed by atoms with Gasteiger partial charge in [0.2, 0.25) is 5.91 Å². The van der Waals surface area contributed by atoms with Crippen LogP contribution in [0.1, 0.15) is 19.4 Å². The molecule has 0 saturated heterocycles. The molecule has 0 radical (unpaired) electrons. The minimum Gasteiger partial charge on any atom is -0.351 e. The topological polar surface area (TPSA) is 98.0 Å². The van der Waals surface area contributed by atoms with E-state index in [-0.39, 0.29) is 5.92 Å². The van der Waals surface area contributed by atoms with Gasteiger partial charge in [0.05, 0.1) is 10.6 Å². The molecule has 0 fully saturated rings. The normalized spacial score (nSPS) is 12.3. The number of carbonyl (C=O) groups is 2. The van der Waals surface area contributed by atoms with E-state index in [1.54, 1.807) is 11.3 Å². The molecule has 3 N–H and O–H groups in total. The summed E-state index contributed by atoms with van der Waals surface area (Å²) in [6.07, 6.45) is 1.50. The maximum absolute atomic E-state index is 12.4. The number of imide groups is 1. The molecule has 1 aromatic carbocycles. The third kappa shape index (κ3) is 4.28. The number of amides is 3. The van der Waals surface area contributed by atoms with Gasteiger partial charge in [-0.3, -0.25) is 10.1 Å². The van der Waals surface area contributed by atoms with Crippen molar-refractivity contribution >= 4 is 45.3 Å². The Morgan fingerprint density at radius 2 is 1.89 bits per heavy atom. The molecule has 0 spiro atoms. The summed E-state index contributed by atoms with van der Waals surface area (Å²) >= 11 is 2.87. The molecule has 1 unspecified atom stereocenters. The van der Waals surface area contributed by atoms with Crippen LogP contribution in [-0.2, 0) is 4.79 Å². The van der Waals surface area contributed by atoms with E-state index in [4.69, 9.17) is 5.73 Å². The zero-order chi connectivity index (χ0) is 19.6. The van der Waals surface area contributed by atoms with Crippen LogP contribution in [0.25, 0.3) is 21.3 Å². The number of nitrogens with zero attached hydrogens (tertiary/aromatic N) is 2. The number of thiophene rings is 1. The molecule has 0 aliphatic heterocycles. The zero-order valence-electron chi connectivity index (χ0n) is 15.2. The fourth-order valence-corrected chi connectivity index (χ4v) is 4.78. The highest BCUT2D eigenvalue weighted by atomic mass is 32.2. The summed E-state index contributed by atoms with van der Waals surface area (Å²) < 4.78 is 0. The van der Waals surface area contributed by atoms with E-state index in [0.717, 1.165) is 26.4 Å². The van der Waals surface area contributed by atoms with Crippen LogP contribution < -0.4 is 11.1 Å². The van der Waals surface area contributed by atoms with Gasteiger partial charge in [-0.2, -0.15) is 0 Å². The molecule has 2 heterocycles. The van der Waals surface area contributed by atoms with Crippen LogP contribution in [0.4, 0.5) is 4.79 Å². The minimum atomic E-state index is -0.852. The van der Waals surface area contributed by atoms with E-state index in [1.165, 1.54) is 23.7 Å². The highest BCUT2D eigenvalue weighted by molar-refractivity contribution is 8.00. The zero-order valence-corrected chi connectivity index (χ0v) is 16.9. The number of benzene rings is 1. The first-order valence-electron chi connectivity index (χ1n) is 8.43. The maximum atomic E-state index is 12.4. The quantitative estimate of drug-likeness (QED) is 0.499. The van der Waals surface area contributed by atoms with Crippen molar-refractivity contribution in [2.45, 2.75) is 31.0 Å². The Balaban J connectivity index is 2.03. The van der Waals surface area contributed by atoms with Crippen LogP contribution in [-0.4, -0.2) is 27.2 Å². The van der Waals surface area contributed by atoms with Gasteiger partial charge in [-0.05, 0) is 18.4 Å². The second-order valence-electron chi connectivity index (χ2n) is 6.51. The second kappa shape index (κ2) is 8.06. The lowest BCUT2D eigenvalue weighted by molar-refractivity contribution is -0.120. The van der Waals surface area contributed by atoms with Crippen molar-refractivity contribution in [3.8, 4) is 11.1 Å². The number of hydrogen-bond donors (Lipinski definition) is 2. The molecule has 140 valence electrons. The van der Waals surface area contributed by atoms with Crippen LogP contribution in [0, 0.1) is 12.8 Å². The Morgan fingerprint density at radius 3 is 2.52 bits per heavy atom. The van der Waals surface area contributed by atoms with Crippen LogP contribution in [0.3, 0.4) is 0 Å². The van der Waals surface area contributed by atoms with Gasteiger partial charge in [0.1, 0.15) is 16.2 Å². The summed E-state index contributed by atoms with van der Waals surface area (Å²) in [5, 5.41) is 5.38. The van der Waals surface area contributed by atoms with Gasteiger partial charge in [-0.15, -0.1) is 11.3 Å². The molecule has 27 heavy (non-hydrogen) atoms. The van der Waals surface area contributed by atoms with Gasteiger partial charge in [0, 0.05) is 10.9 Å². The number of aromatic nitrogens is 2. The van der Waals surface area contributed by atoms with Crippen molar-refractivity contribution in [3.63, 3.8) is 0 Å². The Hall–Kier alpha value is -2.45. The van der Waals surface area contributed by atoms with E-state index in [2.05, 4.69) is 44.9 Å². The summed E-state index contributed by atoms with van der Waals surface area (Å²) in [5.41, 5.74) is 8.41. The summed E-state index contributed by atoms with van der Waals surface area (Å²) in [4.78, 5) is 33.1. The Morgan fingerprint density at radius 1 is 1.19 bits per heavy atom. The first-order chi connectivity index (χ1) is 12.9. The van der Waals surface area contributed by atoms with E-state index in [1.807, 2.05) is 20.8 Å². The summed E-state index contributed by atoms with van der Waals surface area (Å²) in [6, 6.07) is 7.41. The van der Waals surface area contributed by atoms with Crippen molar-refractivity contribution in [3.05, 3.63) is 41.5 Å². The number of thioether (sulfide) groups is 1. The largest absolute Gasteiger partial charge is 0.351 e. The molecule has 2 aromatic heterocycles. The number of hydrogen-bond acceptors (Lipinski definition) is 6. The van der Waals surface area contributed by atoms with Crippen molar-refractivity contribution < 1.29 is 9.59 Å². The van der Waals surface area contributed by atoms with Crippen LogP contribution >= 0.6 is 23.1 Å².